The molecule has 0 amide bonds. The Morgan fingerprint density at radius 3 is 2.50 bits per heavy atom. The van der Waals surface area contributed by atoms with Crippen LogP contribution in [0.15, 0.2) is 36.4 Å². The molecule has 0 heterocycles. The number of benzene rings is 2. The van der Waals surface area contributed by atoms with Gasteiger partial charge >= 0.3 is 0 Å². The molecule has 7 heteroatoms. The largest absolute Gasteiger partial charge is 0.490 e. The Hall–Kier alpha value is -1.50. The number of aliphatic hydroxyl groups excluding tert-OH is 1. The second kappa shape index (κ2) is 12.1. The van der Waals surface area contributed by atoms with Gasteiger partial charge in [-0.2, -0.15) is 0 Å². The summed E-state index contributed by atoms with van der Waals surface area (Å²) in [6, 6.07) is 11.3. The van der Waals surface area contributed by atoms with Crippen molar-refractivity contribution >= 4 is 23.2 Å². The first-order chi connectivity index (χ1) is 13.5. The van der Waals surface area contributed by atoms with E-state index in [1.165, 1.54) is 0 Å². The van der Waals surface area contributed by atoms with Crippen molar-refractivity contribution in [2.75, 3.05) is 26.2 Å². The van der Waals surface area contributed by atoms with Crippen molar-refractivity contribution in [1.29, 1.82) is 0 Å². The second-order valence-corrected chi connectivity index (χ2v) is 7.31. The van der Waals surface area contributed by atoms with Crippen LogP contribution in [0.5, 0.6) is 11.5 Å². The van der Waals surface area contributed by atoms with Gasteiger partial charge in [0, 0.05) is 41.8 Å². The summed E-state index contributed by atoms with van der Waals surface area (Å²) >= 11 is 12.1. The molecule has 28 heavy (non-hydrogen) atoms. The topological polar surface area (TPSA) is 62.8 Å². The molecule has 0 spiro atoms. The molecule has 2 aromatic rings. The molecule has 0 fully saturated rings. The smallest absolute Gasteiger partial charge is 0.161 e. The van der Waals surface area contributed by atoms with Crippen molar-refractivity contribution in [3.63, 3.8) is 0 Å². The lowest BCUT2D eigenvalue weighted by Crippen LogP contribution is -2.31. The minimum absolute atomic E-state index is 0.330. The molecule has 3 N–H and O–H groups in total. The van der Waals surface area contributed by atoms with E-state index in [1.807, 2.05) is 31.2 Å². The van der Waals surface area contributed by atoms with Gasteiger partial charge in [0.05, 0.1) is 12.7 Å². The molecule has 0 bridgehead atoms. The van der Waals surface area contributed by atoms with Crippen LogP contribution in [0.4, 0.5) is 0 Å². The average molecular weight is 427 g/mol. The molecule has 0 aliphatic carbocycles. The lowest BCUT2D eigenvalue weighted by atomic mass is 10.2. The highest BCUT2D eigenvalue weighted by molar-refractivity contribution is 6.35. The summed E-state index contributed by atoms with van der Waals surface area (Å²) in [5.41, 5.74) is 1.97. The van der Waals surface area contributed by atoms with E-state index in [0.29, 0.717) is 41.3 Å². The molecule has 5 nitrogen and oxygen atoms in total. The van der Waals surface area contributed by atoms with Gasteiger partial charge in [-0.1, -0.05) is 35.3 Å². The Bertz CT molecular complexity index is 742. The quantitative estimate of drug-likeness (QED) is 0.447. The van der Waals surface area contributed by atoms with Crippen LogP contribution in [-0.2, 0) is 13.2 Å². The third-order valence-corrected chi connectivity index (χ3v) is 4.54. The zero-order valence-electron chi connectivity index (χ0n) is 16.3. The standard InChI is InChI=1S/C21H28Cl2N2O3/c1-3-27-21-10-16(13-25-9-8-24-12-15(2)26)4-7-20(21)28-14-17-5-6-18(22)11-19(17)23/h4-7,10-11,15,24-26H,3,8-9,12-14H2,1-2H3/t15-/m0/s1. The number of hydrogen-bond donors (Lipinski definition) is 3. The zero-order chi connectivity index (χ0) is 20.4. The zero-order valence-corrected chi connectivity index (χ0v) is 17.8. The van der Waals surface area contributed by atoms with Gasteiger partial charge in [0.1, 0.15) is 6.61 Å². The molecule has 154 valence electrons. The predicted molar refractivity (Wildman–Crippen MR) is 115 cm³/mol. The van der Waals surface area contributed by atoms with E-state index in [9.17, 15) is 5.11 Å². The van der Waals surface area contributed by atoms with Crippen LogP contribution in [0.2, 0.25) is 10.0 Å². The molecular formula is C21H28Cl2N2O3. The molecule has 0 radical (unpaired) electrons. The molecule has 0 aliphatic rings. The summed E-state index contributed by atoms with van der Waals surface area (Å²) in [7, 11) is 0. The van der Waals surface area contributed by atoms with E-state index in [1.54, 1.807) is 19.1 Å². The summed E-state index contributed by atoms with van der Waals surface area (Å²) in [6.07, 6.45) is -0.330. The fourth-order valence-corrected chi connectivity index (χ4v) is 3.03. The first-order valence-electron chi connectivity index (χ1n) is 9.41. The van der Waals surface area contributed by atoms with Gasteiger partial charge in [-0.15, -0.1) is 0 Å². The molecule has 0 saturated heterocycles. The van der Waals surface area contributed by atoms with E-state index < -0.39 is 0 Å². The third kappa shape index (κ3) is 7.86. The van der Waals surface area contributed by atoms with Crippen molar-refractivity contribution in [2.24, 2.45) is 0 Å². The molecular weight excluding hydrogens is 399 g/mol. The summed E-state index contributed by atoms with van der Waals surface area (Å²) in [4.78, 5) is 0. The Morgan fingerprint density at radius 2 is 1.79 bits per heavy atom. The maximum absolute atomic E-state index is 9.22. The van der Waals surface area contributed by atoms with E-state index in [4.69, 9.17) is 32.7 Å². The Labute approximate surface area is 177 Å². The average Bonchev–Trinajstić information content (AvgIpc) is 2.65. The minimum Gasteiger partial charge on any atom is -0.490 e. The highest BCUT2D eigenvalue weighted by Crippen LogP contribution is 2.30. The lowest BCUT2D eigenvalue weighted by Gasteiger charge is -2.14. The summed E-state index contributed by atoms with van der Waals surface area (Å²) < 4.78 is 11.7. The van der Waals surface area contributed by atoms with E-state index in [0.717, 1.165) is 30.8 Å². The van der Waals surface area contributed by atoms with Crippen LogP contribution >= 0.6 is 23.2 Å². The molecule has 2 aromatic carbocycles. The predicted octanol–water partition coefficient (Wildman–Crippen LogP) is 4.03. The van der Waals surface area contributed by atoms with E-state index in [-0.39, 0.29) is 6.10 Å². The van der Waals surface area contributed by atoms with Gasteiger partial charge in [-0.05, 0) is 43.7 Å². The first kappa shape index (κ1) is 22.8. The van der Waals surface area contributed by atoms with Crippen molar-refractivity contribution in [3.05, 3.63) is 57.6 Å². The lowest BCUT2D eigenvalue weighted by molar-refractivity contribution is 0.191. The maximum Gasteiger partial charge on any atom is 0.161 e. The van der Waals surface area contributed by atoms with Crippen molar-refractivity contribution in [2.45, 2.75) is 33.1 Å². The molecule has 0 aromatic heterocycles. The molecule has 0 aliphatic heterocycles. The van der Waals surface area contributed by atoms with Crippen molar-refractivity contribution in [3.8, 4) is 11.5 Å². The number of ether oxygens (including phenoxy) is 2. The van der Waals surface area contributed by atoms with Crippen molar-refractivity contribution < 1.29 is 14.6 Å². The SMILES string of the molecule is CCOc1cc(CNCCNC[C@H](C)O)ccc1OCc1ccc(Cl)cc1Cl. The van der Waals surface area contributed by atoms with Gasteiger partial charge in [-0.3, -0.25) is 0 Å². The van der Waals surface area contributed by atoms with Crippen LogP contribution in [-0.4, -0.2) is 37.5 Å². The normalized spacial score (nSPS) is 12.0. The van der Waals surface area contributed by atoms with Crippen LogP contribution in [0.25, 0.3) is 0 Å². The van der Waals surface area contributed by atoms with Crippen LogP contribution in [0, 0.1) is 0 Å². The van der Waals surface area contributed by atoms with Crippen LogP contribution < -0.4 is 20.1 Å². The molecule has 0 saturated carbocycles. The Morgan fingerprint density at radius 1 is 1.00 bits per heavy atom. The summed E-state index contributed by atoms with van der Waals surface area (Å²) in [5, 5.41) is 16.9. The van der Waals surface area contributed by atoms with Crippen molar-refractivity contribution in [1.82, 2.24) is 10.6 Å². The van der Waals surface area contributed by atoms with Gasteiger partial charge < -0.3 is 25.2 Å². The van der Waals surface area contributed by atoms with Gasteiger partial charge in [0.15, 0.2) is 11.5 Å². The fourth-order valence-electron chi connectivity index (χ4n) is 2.56. The summed E-state index contributed by atoms with van der Waals surface area (Å²) in [5.74, 6) is 1.38. The van der Waals surface area contributed by atoms with Crippen LogP contribution in [0.1, 0.15) is 25.0 Å². The number of hydrogen-bond acceptors (Lipinski definition) is 5. The maximum atomic E-state index is 9.22. The number of nitrogens with one attached hydrogen (secondary N) is 2. The van der Waals surface area contributed by atoms with E-state index in [2.05, 4.69) is 10.6 Å². The van der Waals surface area contributed by atoms with Gasteiger partial charge in [0.2, 0.25) is 0 Å². The third-order valence-electron chi connectivity index (χ3n) is 3.95. The number of halogens is 2. The van der Waals surface area contributed by atoms with E-state index >= 15 is 0 Å². The van der Waals surface area contributed by atoms with Gasteiger partial charge in [-0.25, -0.2) is 0 Å². The first-order valence-corrected chi connectivity index (χ1v) is 10.2. The summed E-state index contributed by atoms with van der Waals surface area (Å²) in [6.45, 7) is 7.52. The fraction of sp³-hybridized carbons (Fsp3) is 0.429. The Kier molecular flexibility index (Phi) is 9.88. The molecule has 0 unspecified atom stereocenters. The monoisotopic (exact) mass is 426 g/mol. The van der Waals surface area contributed by atoms with Gasteiger partial charge in [0.25, 0.3) is 0 Å². The van der Waals surface area contributed by atoms with Crippen LogP contribution in [0.3, 0.4) is 0 Å². The number of rotatable bonds is 12. The highest BCUT2D eigenvalue weighted by Gasteiger charge is 2.09. The second-order valence-electron chi connectivity index (χ2n) is 6.47. The molecule has 2 rings (SSSR count). The number of aliphatic hydroxyl groups is 1. The molecule has 1 atom stereocenters. The highest BCUT2D eigenvalue weighted by atomic mass is 35.5. The minimum atomic E-state index is -0.330. The Balaban J connectivity index is 1.90.